The number of hydrogen-bond donors (Lipinski definition) is 2. The number of thiophene rings is 2. The van der Waals surface area contributed by atoms with E-state index >= 15 is 0 Å². The number of aromatic nitrogens is 2. The minimum atomic E-state index is -0.729. The molecule has 4 aromatic rings. The van der Waals surface area contributed by atoms with Crippen LogP contribution in [0.1, 0.15) is 21.3 Å². The van der Waals surface area contributed by atoms with Crippen LogP contribution in [0.3, 0.4) is 0 Å². The third-order valence-corrected chi connectivity index (χ3v) is 6.50. The summed E-state index contributed by atoms with van der Waals surface area (Å²) < 4.78 is 8.25. The molecule has 1 atom stereocenters. The van der Waals surface area contributed by atoms with Crippen molar-refractivity contribution in [2.24, 2.45) is 0 Å². The topological polar surface area (TPSA) is 75.1 Å². The normalized spacial score (nSPS) is 12.4. The summed E-state index contributed by atoms with van der Waals surface area (Å²) in [5, 5.41) is 15.1. The lowest BCUT2D eigenvalue weighted by molar-refractivity contribution is 0.0918. The van der Waals surface area contributed by atoms with Gasteiger partial charge in [0.05, 0.1) is 11.7 Å². The summed E-state index contributed by atoms with van der Waals surface area (Å²) in [5.74, 6) is -0.232. The van der Waals surface area contributed by atoms with Crippen molar-refractivity contribution in [1.29, 1.82) is 0 Å². The summed E-state index contributed by atoms with van der Waals surface area (Å²) >= 11 is 4.33. The SMILES string of the molecule is O=C(NC[C@@H](O)c1ccc(-c2cccs2)s1)c1ccc2nsnc2c1. The fraction of sp³-hybridized carbons (Fsp3) is 0.118. The van der Waals surface area contributed by atoms with Crippen molar-refractivity contribution >= 4 is 51.3 Å². The van der Waals surface area contributed by atoms with Crippen molar-refractivity contribution in [3.05, 3.63) is 58.3 Å². The van der Waals surface area contributed by atoms with Crippen LogP contribution < -0.4 is 5.32 Å². The predicted octanol–water partition coefficient (Wildman–Crippen LogP) is 3.94. The maximum atomic E-state index is 12.3. The molecule has 0 saturated carbocycles. The Morgan fingerprint density at radius 3 is 2.84 bits per heavy atom. The molecule has 1 aromatic carbocycles. The molecule has 3 heterocycles. The monoisotopic (exact) mass is 387 g/mol. The summed E-state index contributed by atoms with van der Waals surface area (Å²) in [6.07, 6.45) is -0.729. The second-order valence-electron chi connectivity index (χ2n) is 5.37. The highest BCUT2D eigenvalue weighted by molar-refractivity contribution is 7.21. The Balaban J connectivity index is 1.41. The first kappa shape index (κ1) is 16.3. The van der Waals surface area contributed by atoms with Crippen molar-refractivity contribution in [2.45, 2.75) is 6.10 Å². The maximum Gasteiger partial charge on any atom is 0.251 e. The van der Waals surface area contributed by atoms with Crippen molar-refractivity contribution in [2.75, 3.05) is 6.54 Å². The van der Waals surface area contributed by atoms with Crippen LogP contribution in [-0.2, 0) is 0 Å². The smallest absolute Gasteiger partial charge is 0.251 e. The van der Waals surface area contributed by atoms with Gasteiger partial charge in [0, 0.05) is 26.7 Å². The Morgan fingerprint density at radius 1 is 1.12 bits per heavy atom. The summed E-state index contributed by atoms with van der Waals surface area (Å²) in [6.45, 7) is 0.163. The van der Waals surface area contributed by atoms with Crippen molar-refractivity contribution in [3.63, 3.8) is 0 Å². The molecule has 126 valence electrons. The molecule has 25 heavy (non-hydrogen) atoms. The highest BCUT2D eigenvalue weighted by Gasteiger charge is 2.14. The van der Waals surface area contributed by atoms with Crippen LogP contribution in [-0.4, -0.2) is 26.3 Å². The van der Waals surface area contributed by atoms with Gasteiger partial charge in [0.25, 0.3) is 5.91 Å². The van der Waals surface area contributed by atoms with Crippen LogP contribution in [0.15, 0.2) is 47.8 Å². The van der Waals surface area contributed by atoms with Crippen LogP contribution in [0.25, 0.3) is 20.8 Å². The Labute approximate surface area is 155 Å². The van der Waals surface area contributed by atoms with Crippen LogP contribution in [0.4, 0.5) is 0 Å². The van der Waals surface area contributed by atoms with Gasteiger partial charge in [-0.25, -0.2) is 0 Å². The largest absolute Gasteiger partial charge is 0.386 e. The number of hydrogen-bond acceptors (Lipinski definition) is 7. The second-order valence-corrected chi connectivity index (χ2v) is 7.96. The van der Waals surface area contributed by atoms with Gasteiger partial charge < -0.3 is 10.4 Å². The van der Waals surface area contributed by atoms with Crippen LogP contribution >= 0.6 is 34.4 Å². The van der Waals surface area contributed by atoms with E-state index in [1.165, 1.54) is 4.88 Å². The van der Waals surface area contributed by atoms with E-state index in [0.29, 0.717) is 11.1 Å². The minimum Gasteiger partial charge on any atom is -0.386 e. The highest BCUT2D eigenvalue weighted by atomic mass is 32.1. The standard InChI is InChI=1S/C17H13N3O2S3/c21-13(14-5-6-16(24-14)15-2-1-7-23-15)9-18-17(22)10-3-4-11-12(8-10)20-25-19-11/h1-8,13,21H,9H2,(H,18,22)/t13-/m1/s1. The molecule has 0 unspecified atom stereocenters. The van der Waals surface area contributed by atoms with E-state index in [0.717, 1.165) is 27.0 Å². The molecule has 0 aliphatic rings. The van der Waals surface area contributed by atoms with Gasteiger partial charge in [0.1, 0.15) is 17.1 Å². The first-order valence-corrected chi connectivity index (χ1v) is 9.95. The second kappa shape index (κ2) is 7.01. The predicted molar refractivity (Wildman–Crippen MR) is 102 cm³/mol. The lowest BCUT2D eigenvalue weighted by Crippen LogP contribution is -2.28. The molecule has 8 heteroatoms. The van der Waals surface area contributed by atoms with Gasteiger partial charge >= 0.3 is 0 Å². The number of carbonyl (C=O) groups is 1. The van der Waals surface area contributed by atoms with E-state index < -0.39 is 6.10 Å². The zero-order chi connectivity index (χ0) is 17.2. The maximum absolute atomic E-state index is 12.3. The van der Waals surface area contributed by atoms with E-state index in [9.17, 15) is 9.90 Å². The molecule has 4 rings (SSSR count). The number of rotatable bonds is 5. The molecule has 0 aliphatic heterocycles. The Morgan fingerprint density at radius 2 is 2.00 bits per heavy atom. The Bertz CT molecular complexity index is 1010. The third-order valence-electron chi connectivity index (χ3n) is 3.69. The number of nitrogens with one attached hydrogen (secondary N) is 1. The molecule has 2 N–H and O–H groups in total. The average Bonchev–Trinajstić information content (AvgIpc) is 3.38. The van der Waals surface area contributed by atoms with E-state index in [4.69, 9.17) is 0 Å². The van der Waals surface area contributed by atoms with Gasteiger partial charge in [-0.1, -0.05) is 6.07 Å². The number of fused-ring (bicyclic) bond motifs is 1. The van der Waals surface area contributed by atoms with E-state index in [1.807, 2.05) is 23.6 Å². The summed E-state index contributed by atoms with van der Waals surface area (Å²) in [7, 11) is 0. The fourth-order valence-corrected chi connectivity index (χ4v) is 4.74. The third kappa shape index (κ3) is 3.47. The molecule has 3 aromatic heterocycles. The Hall–Kier alpha value is -2.13. The number of carbonyl (C=O) groups excluding carboxylic acids is 1. The minimum absolute atomic E-state index is 0.163. The van der Waals surface area contributed by atoms with Crippen molar-refractivity contribution in [1.82, 2.24) is 14.1 Å². The van der Waals surface area contributed by atoms with Gasteiger partial charge in [-0.3, -0.25) is 4.79 Å². The van der Waals surface area contributed by atoms with Crippen LogP contribution in [0.2, 0.25) is 0 Å². The van der Waals surface area contributed by atoms with Crippen LogP contribution in [0.5, 0.6) is 0 Å². The quantitative estimate of drug-likeness (QED) is 0.544. The first-order valence-electron chi connectivity index (χ1n) is 7.53. The van der Waals surface area contributed by atoms with Gasteiger partial charge in [-0.2, -0.15) is 8.75 Å². The molecule has 0 spiro atoms. The summed E-state index contributed by atoms with van der Waals surface area (Å²) in [6, 6.07) is 13.2. The molecule has 0 radical (unpaired) electrons. The molecule has 5 nitrogen and oxygen atoms in total. The van der Waals surface area contributed by atoms with Crippen molar-refractivity contribution < 1.29 is 9.90 Å². The zero-order valence-electron chi connectivity index (χ0n) is 12.9. The number of aliphatic hydroxyl groups excluding tert-OH is 1. The summed E-state index contributed by atoms with van der Waals surface area (Å²) in [4.78, 5) is 15.4. The van der Waals surface area contributed by atoms with Crippen LogP contribution in [0, 0.1) is 0 Å². The van der Waals surface area contributed by atoms with Gasteiger partial charge in [0.2, 0.25) is 0 Å². The van der Waals surface area contributed by atoms with Gasteiger partial charge in [-0.15, -0.1) is 22.7 Å². The van der Waals surface area contributed by atoms with Gasteiger partial charge in [-0.05, 0) is 41.8 Å². The number of amides is 1. The van der Waals surface area contributed by atoms with Gasteiger partial charge in [0.15, 0.2) is 0 Å². The van der Waals surface area contributed by atoms with E-state index in [1.54, 1.807) is 40.9 Å². The fourth-order valence-electron chi connectivity index (χ4n) is 2.40. The van der Waals surface area contributed by atoms with E-state index in [2.05, 4.69) is 20.1 Å². The highest BCUT2D eigenvalue weighted by Crippen LogP contribution is 2.33. The summed E-state index contributed by atoms with van der Waals surface area (Å²) in [5.41, 5.74) is 2.00. The Kier molecular flexibility index (Phi) is 4.58. The molecule has 1 amide bonds. The number of nitrogens with zero attached hydrogens (tertiary/aromatic N) is 2. The zero-order valence-corrected chi connectivity index (χ0v) is 15.3. The molecule has 0 bridgehead atoms. The van der Waals surface area contributed by atoms with E-state index in [-0.39, 0.29) is 12.5 Å². The first-order chi connectivity index (χ1) is 12.2. The lowest BCUT2D eigenvalue weighted by Gasteiger charge is -2.10. The average molecular weight is 388 g/mol. The molecular formula is C17H13N3O2S3. The number of aliphatic hydroxyl groups is 1. The van der Waals surface area contributed by atoms with Crippen molar-refractivity contribution in [3.8, 4) is 9.75 Å². The molecular weight excluding hydrogens is 374 g/mol. The molecule has 0 saturated heterocycles. The molecule has 0 fully saturated rings. The lowest BCUT2D eigenvalue weighted by atomic mass is 10.2. The number of benzene rings is 1. The molecule has 0 aliphatic carbocycles.